The molecule has 3 rings (SSSR count). The van der Waals surface area contributed by atoms with Crippen LogP contribution >= 0.6 is 0 Å². The lowest BCUT2D eigenvalue weighted by molar-refractivity contribution is 1.07. The van der Waals surface area contributed by atoms with Crippen molar-refractivity contribution in [3.8, 4) is 22.5 Å². The molecule has 0 saturated carbocycles. The van der Waals surface area contributed by atoms with E-state index in [1.807, 2.05) is 43.3 Å². The molecule has 3 aromatic rings. The lowest BCUT2D eigenvalue weighted by atomic mass is 10.0. The summed E-state index contributed by atoms with van der Waals surface area (Å²) in [6.45, 7) is 1.81. The zero-order valence-corrected chi connectivity index (χ0v) is 11.0. The second kappa shape index (κ2) is 5.09. The van der Waals surface area contributed by atoms with Crippen molar-refractivity contribution in [2.75, 3.05) is 0 Å². The van der Waals surface area contributed by atoms with E-state index in [9.17, 15) is 4.79 Å². The maximum absolute atomic E-state index is 11.5. The number of H-pyrrole nitrogens is 1. The van der Waals surface area contributed by atoms with Gasteiger partial charge in [-0.2, -0.15) is 0 Å². The average molecular weight is 263 g/mol. The fourth-order valence-corrected chi connectivity index (χ4v) is 2.08. The Morgan fingerprint density at radius 1 is 0.900 bits per heavy atom. The van der Waals surface area contributed by atoms with Gasteiger partial charge in [-0.1, -0.05) is 24.3 Å². The summed E-state index contributed by atoms with van der Waals surface area (Å²) in [5.74, 6) is 0.594. The van der Waals surface area contributed by atoms with Crippen LogP contribution in [0.3, 0.4) is 0 Å². The lowest BCUT2D eigenvalue weighted by Gasteiger charge is -2.04. The van der Waals surface area contributed by atoms with Gasteiger partial charge < -0.3 is 4.98 Å². The highest BCUT2D eigenvalue weighted by molar-refractivity contribution is 5.67. The first-order chi connectivity index (χ1) is 9.72. The number of aromatic nitrogens is 3. The van der Waals surface area contributed by atoms with Crippen LogP contribution in [-0.4, -0.2) is 15.0 Å². The van der Waals surface area contributed by atoms with Gasteiger partial charge in [0.15, 0.2) is 0 Å². The predicted molar refractivity (Wildman–Crippen MR) is 78.3 cm³/mol. The molecule has 2 aromatic heterocycles. The number of aromatic amines is 1. The molecule has 0 aliphatic heterocycles. The molecule has 0 radical (unpaired) electrons. The van der Waals surface area contributed by atoms with E-state index in [4.69, 9.17) is 0 Å². The highest BCUT2D eigenvalue weighted by Gasteiger charge is 2.03. The van der Waals surface area contributed by atoms with Gasteiger partial charge in [0, 0.05) is 29.7 Å². The Hall–Kier alpha value is -2.75. The molecule has 20 heavy (non-hydrogen) atoms. The van der Waals surface area contributed by atoms with Gasteiger partial charge in [0.1, 0.15) is 5.82 Å². The first kappa shape index (κ1) is 12.3. The molecular formula is C16H13N3O. The summed E-state index contributed by atoms with van der Waals surface area (Å²) in [7, 11) is 0. The summed E-state index contributed by atoms with van der Waals surface area (Å²) in [4.78, 5) is 22.6. The highest BCUT2D eigenvalue weighted by Crippen LogP contribution is 2.22. The zero-order valence-electron chi connectivity index (χ0n) is 11.0. The molecule has 0 amide bonds. The average Bonchev–Trinajstić information content (AvgIpc) is 2.47. The smallest absolute Gasteiger partial charge is 0.251 e. The van der Waals surface area contributed by atoms with Crippen LogP contribution in [0.5, 0.6) is 0 Å². The van der Waals surface area contributed by atoms with Gasteiger partial charge in [-0.05, 0) is 30.2 Å². The SMILES string of the molecule is Cc1cc(=O)[nH]c(-c2ccc(-c3ccncc3)cc2)n1. The highest BCUT2D eigenvalue weighted by atomic mass is 16.1. The summed E-state index contributed by atoms with van der Waals surface area (Å²) in [6.07, 6.45) is 3.53. The van der Waals surface area contributed by atoms with Crippen molar-refractivity contribution >= 4 is 0 Å². The molecule has 0 spiro atoms. The normalized spacial score (nSPS) is 10.4. The van der Waals surface area contributed by atoms with Crippen LogP contribution in [0.4, 0.5) is 0 Å². The maximum atomic E-state index is 11.5. The van der Waals surface area contributed by atoms with Crippen molar-refractivity contribution in [1.82, 2.24) is 15.0 Å². The van der Waals surface area contributed by atoms with Crippen LogP contribution in [0.1, 0.15) is 5.69 Å². The molecular weight excluding hydrogens is 250 g/mol. The van der Waals surface area contributed by atoms with E-state index in [-0.39, 0.29) is 5.56 Å². The summed E-state index contributed by atoms with van der Waals surface area (Å²) in [6, 6.07) is 13.3. The van der Waals surface area contributed by atoms with Crippen molar-refractivity contribution in [2.24, 2.45) is 0 Å². The third-order valence-electron chi connectivity index (χ3n) is 3.04. The number of nitrogens with one attached hydrogen (secondary N) is 1. The number of nitrogens with zero attached hydrogens (tertiary/aromatic N) is 2. The van der Waals surface area contributed by atoms with Gasteiger partial charge in [0.2, 0.25) is 0 Å². The Bertz CT molecular complexity index is 777. The van der Waals surface area contributed by atoms with Crippen molar-refractivity contribution < 1.29 is 0 Å². The summed E-state index contributed by atoms with van der Waals surface area (Å²) in [5.41, 5.74) is 3.68. The Morgan fingerprint density at radius 2 is 1.50 bits per heavy atom. The summed E-state index contributed by atoms with van der Waals surface area (Å²) in [5, 5.41) is 0. The largest absolute Gasteiger partial charge is 0.307 e. The van der Waals surface area contributed by atoms with E-state index in [0.29, 0.717) is 11.5 Å². The van der Waals surface area contributed by atoms with Gasteiger partial charge in [-0.15, -0.1) is 0 Å². The van der Waals surface area contributed by atoms with E-state index in [0.717, 1.165) is 16.7 Å². The van der Waals surface area contributed by atoms with Gasteiger partial charge >= 0.3 is 0 Å². The van der Waals surface area contributed by atoms with Gasteiger partial charge in [0.05, 0.1) is 0 Å². The fourth-order valence-electron chi connectivity index (χ4n) is 2.08. The molecule has 4 heteroatoms. The first-order valence-electron chi connectivity index (χ1n) is 6.31. The molecule has 0 fully saturated rings. The van der Waals surface area contributed by atoms with Crippen molar-refractivity contribution in [3.63, 3.8) is 0 Å². The van der Waals surface area contributed by atoms with Gasteiger partial charge in [-0.3, -0.25) is 9.78 Å². The monoisotopic (exact) mass is 263 g/mol. The number of hydrogen-bond donors (Lipinski definition) is 1. The first-order valence-corrected chi connectivity index (χ1v) is 6.31. The van der Waals surface area contributed by atoms with Crippen molar-refractivity contribution in [1.29, 1.82) is 0 Å². The van der Waals surface area contributed by atoms with Crippen LogP contribution in [0, 0.1) is 6.92 Å². The standard InChI is InChI=1S/C16H13N3O/c1-11-10-15(20)19-16(18-11)14-4-2-12(3-5-14)13-6-8-17-9-7-13/h2-10H,1H3,(H,18,19,20). The van der Waals surface area contributed by atoms with Gasteiger partial charge in [0.25, 0.3) is 5.56 Å². The third kappa shape index (κ3) is 2.49. The van der Waals surface area contributed by atoms with Crippen LogP contribution in [0.15, 0.2) is 59.7 Å². The van der Waals surface area contributed by atoms with Crippen molar-refractivity contribution in [3.05, 3.63) is 70.9 Å². The number of hydrogen-bond acceptors (Lipinski definition) is 3. The molecule has 0 unspecified atom stereocenters. The van der Waals surface area contributed by atoms with E-state index >= 15 is 0 Å². The number of pyridine rings is 1. The molecule has 1 aromatic carbocycles. The predicted octanol–water partition coefficient (Wildman–Crippen LogP) is 2.81. The quantitative estimate of drug-likeness (QED) is 0.773. The molecule has 1 N–H and O–H groups in total. The molecule has 0 aliphatic rings. The van der Waals surface area contributed by atoms with E-state index in [1.54, 1.807) is 12.4 Å². The molecule has 0 atom stereocenters. The number of benzene rings is 1. The maximum Gasteiger partial charge on any atom is 0.251 e. The Labute approximate surface area is 116 Å². The summed E-state index contributed by atoms with van der Waals surface area (Å²) >= 11 is 0. The molecule has 98 valence electrons. The number of aryl methyl sites for hydroxylation is 1. The fraction of sp³-hybridized carbons (Fsp3) is 0.0625. The topological polar surface area (TPSA) is 58.6 Å². The van der Waals surface area contributed by atoms with E-state index < -0.39 is 0 Å². The molecule has 0 saturated heterocycles. The minimum Gasteiger partial charge on any atom is -0.307 e. The minimum absolute atomic E-state index is 0.134. The second-order valence-electron chi connectivity index (χ2n) is 4.55. The molecule has 4 nitrogen and oxygen atoms in total. The Balaban J connectivity index is 1.99. The minimum atomic E-state index is -0.134. The Kier molecular flexibility index (Phi) is 3.13. The second-order valence-corrected chi connectivity index (χ2v) is 4.55. The van der Waals surface area contributed by atoms with Crippen LogP contribution in [0.25, 0.3) is 22.5 Å². The third-order valence-corrected chi connectivity index (χ3v) is 3.04. The van der Waals surface area contributed by atoms with E-state index in [1.165, 1.54) is 6.07 Å². The van der Waals surface area contributed by atoms with E-state index in [2.05, 4.69) is 15.0 Å². The van der Waals surface area contributed by atoms with Crippen LogP contribution < -0.4 is 5.56 Å². The zero-order chi connectivity index (χ0) is 13.9. The van der Waals surface area contributed by atoms with Gasteiger partial charge in [-0.25, -0.2) is 4.98 Å². The molecule has 0 aliphatic carbocycles. The molecule has 0 bridgehead atoms. The van der Waals surface area contributed by atoms with Crippen LogP contribution in [-0.2, 0) is 0 Å². The Morgan fingerprint density at radius 3 is 2.15 bits per heavy atom. The lowest BCUT2D eigenvalue weighted by Crippen LogP contribution is -2.08. The van der Waals surface area contributed by atoms with Crippen molar-refractivity contribution in [2.45, 2.75) is 6.92 Å². The summed E-state index contributed by atoms with van der Waals surface area (Å²) < 4.78 is 0. The van der Waals surface area contributed by atoms with Crippen LogP contribution in [0.2, 0.25) is 0 Å². The molecule has 2 heterocycles. The number of rotatable bonds is 2.